The molecule has 2 fully saturated rings. The topological polar surface area (TPSA) is 160 Å². The molecule has 0 saturated heterocycles. The number of aliphatic hydroxyl groups is 2. The zero-order valence-corrected chi connectivity index (χ0v) is 31.6. The van der Waals surface area contributed by atoms with E-state index in [0.29, 0.717) is 45.3 Å². The minimum atomic E-state index is -3.74. The highest BCUT2D eigenvalue weighted by atomic mass is 32.2. The van der Waals surface area contributed by atoms with Gasteiger partial charge in [-0.3, -0.25) is 19.8 Å². The van der Waals surface area contributed by atoms with Crippen LogP contribution in [0.25, 0.3) is 0 Å². The number of sulfonamides is 1. The summed E-state index contributed by atoms with van der Waals surface area (Å²) in [5.74, 6) is -1.53. The van der Waals surface area contributed by atoms with Crippen LogP contribution in [-0.4, -0.2) is 114 Å². The van der Waals surface area contributed by atoms with Gasteiger partial charge in [-0.15, -0.1) is 0 Å². The van der Waals surface area contributed by atoms with Crippen molar-refractivity contribution in [1.29, 1.82) is 0 Å². The number of unbranched alkanes of at least 4 members (excludes halogenated alkanes) is 1. The van der Waals surface area contributed by atoms with E-state index < -0.39 is 39.3 Å². The van der Waals surface area contributed by atoms with E-state index in [-0.39, 0.29) is 61.5 Å². The summed E-state index contributed by atoms with van der Waals surface area (Å²) in [7, 11) is -0.778. The number of hydrogen-bond acceptors (Lipinski definition) is 8. The molecule has 4 N–H and O–H groups in total. The van der Waals surface area contributed by atoms with E-state index in [1.54, 1.807) is 9.91 Å². The van der Waals surface area contributed by atoms with E-state index in [9.17, 15) is 33.0 Å². The number of aliphatic hydroxyl groups excluding tert-OH is 2. The average Bonchev–Trinajstić information content (AvgIpc) is 3.03. The molecule has 0 aliphatic heterocycles. The van der Waals surface area contributed by atoms with Crippen molar-refractivity contribution in [2.45, 2.75) is 142 Å². The molecule has 0 aromatic rings. The van der Waals surface area contributed by atoms with Gasteiger partial charge in [0.2, 0.25) is 27.7 Å². The van der Waals surface area contributed by atoms with E-state index in [4.69, 9.17) is 0 Å². The van der Waals surface area contributed by atoms with Crippen molar-refractivity contribution >= 4 is 27.7 Å². The molecular formula is C35H67N5O7S. The Morgan fingerprint density at radius 2 is 1.48 bits per heavy atom. The number of nitrogens with one attached hydrogen (secondary N) is 2. The minimum Gasteiger partial charge on any atom is -0.393 e. The maximum absolute atomic E-state index is 14.1. The van der Waals surface area contributed by atoms with Crippen molar-refractivity contribution in [1.82, 2.24) is 25.0 Å². The largest absolute Gasteiger partial charge is 0.393 e. The smallest absolute Gasteiger partial charge is 0.234 e. The van der Waals surface area contributed by atoms with Crippen LogP contribution in [0.4, 0.5) is 0 Å². The van der Waals surface area contributed by atoms with Gasteiger partial charge in [0.25, 0.3) is 0 Å². The second kappa shape index (κ2) is 20.8. The highest BCUT2D eigenvalue weighted by Gasteiger charge is 2.44. The first-order valence-corrected chi connectivity index (χ1v) is 20.0. The molecule has 48 heavy (non-hydrogen) atoms. The number of hydrazine groups is 1. The first-order valence-electron chi connectivity index (χ1n) is 18.5. The summed E-state index contributed by atoms with van der Waals surface area (Å²) < 4.78 is 28.0. The Morgan fingerprint density at radius 3 is 2.02 bits per heavy atom. The minimum absolute atomic E-state index is 0.101. The van der Waals surface area contributed by atoms with Crippen molar-refractivity contribution in [3.8, 4) is 0 Å². The number of carbonyl (C=O) groups is 3. The number of carbonyl (C=O) groups excluding carboxylic acids is 3. The highest BCUT2D eigenvalue weighted by Crippen LogP contribution is 2.36. The van der Waals surface area contributed by atoms with Gasteiger partial charge in [-0.2, -0.15) is 0 Å². The van der Waals surface area contributed by atoms with E-state index >= 15 is 0 Å². The Morgan fingerprint density at radius 1 is 0.875 bits per heavy atom. The molecule has 2 saturated carbocycles. The number of hydrogen-bond donors (Lipinski definition) is 4. The second-order valence-corrected chi connectivity index (χ2v) is 17.3. The summed E-state index contributed by atoms with van der Waals surface area (Å²) >= 11 is 0. The molecule has 5 atom stereocenters. The lowest BCUT2D eigenvalue weighted by Crippen LogP contribution is -2.55. The molecule has 0 aromatic carbocycles. The van der Waals surface area contributed by atoms with Crippen LogP contribution in [0.15, 0.2) is 0 Å². The number of nitrogens with zero attached hydrogens (tertiary/aromatic N) is 3. The van der Waals surface area contributed by atoms with Crippen molar-refractivity contribution in [3.63, 3.8) is 0 Å². The van der Waals surface area contributed by atoms with E-state index in [1.165, 1.54) is 18.4 Å². The molecule has 13 heteroatoms. The first-order chi connectivity index (χ1) is 22.6. The molecule has 0 aromatic heterocycles. The van der Waals surface area contributed by atoms with Crippen LogP contribution >= 0.6 is 0 Å². The Kier molecular flexibility index (Phi) is 18.3. The highest BCUT2D eigenvalue weighted by molar-refractivity contribution is 7.89. The maximum Gasteiger partial charge on any atom is 0.234 e. The van der Waals surface area contributed by atoms with Gasteiger partial charge < -0.3 is 20.4 Å². The second-order valence-electron chi connectivity index (χ2n) is 14.9. The molecule has 0 spiro atoms. The van der Waals surface area contributed by atoms with Crippen LogP contribution < -0.4 is 10.7 Å². The number of amides is 3. The van der Waals surface area contributed by atoms with E-state index in [2.05, 4.69) is 17.7 Å². The fraction of sp³-hybridized carbons (Fsp3) is 0.914. The van der Waals surface area contributed by atoms with Crippen LogP contribution in [0.5, 0.6) is 0 Å². The van der Waals surface area contributed by atoms with Crippen LogP contribution in [-0.2, 0) is 24.4 Å². The van der Waals surface area contributed by atoms with Crippen molar-refractivity contribution < 1.29 is 33.0 Å². The predicted octanol–water partition coefficient (Wildman–Crippen LogP) is 3.28. The molecule has 2 rings (SSSR count). The van der Waals surface area contributed by atoms with Gasteiger partial charge in [-0.25, -0.2) is 17.7 Å². The normalized spacial score (nSPS) is 24.8. The first kappa shape index (κ1) is 42.4. The zero-order chi connectivity index (χ0) is 36.0. The van der Waals surface area contributed by atoms with Crippen LogP contribution in [0, 0.1) is 23.7 Å². The number of rotatable bonds is 20. The fourth-order valence-corrected chi connectivity index (χ4v) is 8.74. The molecular weight excluding hydrogens is 634 g/mol. The Balaban J connectivity index is 2.35. The maximum atomic E-state index is 14.1. The molecule has 280 valence electrons. The van der Waals surface area contributed by atoms with Crippen molar-refractivity contribution in [2.75, 3.05) is 40.3 Å². The lowest BCUT2D eigenvalue weighted by Gasteiger charge is -2.38. The van der Waals surface area contributed by atoms with Gasteiger partial charge in [0, 0.05) is 58.5 Å². The standard InChI is InChI=1S/C35H67N5O7S/c1-8-11-18-40(37-33(43)19-25(4)5)24-32(42)31(20-26-12-14-29(41)15-13-26)36-34(44)27-21-28(35(45)39(16-9-2)17-10-3)23-30(22-27)48(46,47)38(6)7/h25-32,41-42H,8-24H2,1-7H3,(H,36,44)(H,37,43). The zero-order valence-electron chi connectivity index (χ0n) is 30.8. The molecule has 5 unspecified atom stereocenters. The van der Waals surface area contributed by atoms with E-state index in [0.717, 1.165) is 38.5 Å². The van der Waals surface area contributed by atoms with Gasteiger partial charge in [0.1, 0.15) is 0 Å². The van der Waals surface area contributed by atoms with Crippen molar-refractivity contribution in [3.05, 3.63) is 0 Å². The van der Waals surface area contributed by atoms with Gasteiger partial charge in [-0.05, 0) is 82.5 Å². The summed E-state index contributed by atoms with van der Waals surface area (Å²) in [5, 5.41) is 25.7. The van der Waals surface area contributed by atoms with Gasteiger partial charge in [0.05, 0.1) is 23.5 Å². The monoisotopic (exact) mass is 701 g/mol. The summed E-state index contributed by atoms with van der Waals surface area (Å²) in [5.41, 5.74) is 2.95. The predicted molar refractivity (Wildman–Crippen MR) is 189 cm³/mol. The average molecular weight is 702 g/mol. The van der Waals surface area contributed by atoms with Gasteiger partial charge >= 0.3 is 0 Å². The fourth-order valence-electron chi connectivity index (χ4n) is 7.19. The lowest BCUT2D eigenvalue weighted by molar-refractivity contribution is -0.138. The summed E-state index contributed by atoms with van der Waals surface area (Å²) in [6, 6.07) is -0.652. The van der Waals surface area contributed by atoms with Crippen LogP contribution in [0.1, 0.15) is 118 Å². The van der Waals surface area contributed by atoms with Crippen LogP contribution in [0.2, 0.25) is 0 Å². The van der Waals surface area contributed by atoms with Crippen LogP contribution in [0.3, 0.4) is 0 Å². The van der Waals surface area contributed by atoms with E-state index in [1.807, 2.05) is 27.7 Å². The molecule has 3 amide bonds. The third-order valence-electron chi connectivity index (χ3n) is 9.87. The third kappa shape index (κ3) is 13.5. The molecule has 12 nitrogen and oxygen atoms in total. The molecule has 0 bridgehead atoms. The lowest BCUT2D eigenvalue weighted by atomic mass is 9.79. The van der Waals surface area contributed by atoms with Gasteiger partial charge in [-0.1, -0.05) is 41.0 Å². The molecule has 2 aliphatic carbocycles. The Hall–Kier alpha value is -1.80. The molecule has 0 radical (unpaired) electrons. The Labute approximate surface area is 290 Å². The summed E-state index contributed by atoms with van der Waals surface area (Å²) in [6.07, 6.45) is 6.20. The van der Waals surface area contributed by atoms with Crippen molar-refractivity contribution in [2.24, 2.45) is 23.7 Å². The quantitative estimate of drug-likeness (QED) is 0.141. The SMILES string of the molecule is CCCCN(CC(O)C(CC1CCC(O)CC1)NC(=O)C1CC(C(=O)N(CCC)CCC)CC(S(=O)(=O)N(C)C)C1)NC(=O)CC(C)C. The summed E-state index contributed by atoms with van der Waals surface area (Å²) in [6.45, 7) is 11.8. The third-order valence-corrected chi connectivity index (χ3v) is 12.1. The molecule has 0 heterocycles. The Bertz CT molecular complexity index is 1090. The van der Waals surface area contributed by atoms with Gasteiger partial charge in [0.15, 0.2) is 0 Å². The summed E-state index contributed by atoms with van der Waals surface area (Å²) in [4.78, 5) is 42.3. The molecule has 2 aliphatic rings.